The smallest absolute Gasteiger partial charge is 0.387 e. The summed E-state index contributed by atoms with van der Waals surface area (Å²) in [5.41, 5.74) is 1.28. The lowest BCUT2D eigenvalue weighted by atomic mass is 10.1. The molecule has 136 valence electrons. The fourth-order valence-electron chi connectivity index (χ4n) is 2.46. The topological polar surface area (TPSA) is 60.2 Å². The molecule has 1 heterocycles. The van der Waals surface area contributed by atoms with Gasteiger partial charge in [0.25, 0.3) is 0 Å². The number of hydrogen-bond acceptors (Lipinski definition) is 5. The maximum Gasteiger partial charge on any atom is 0.387 e. The van der Waals surface area contributed by atoms with E-state index in [2.05, 4.69) is 20.2 Å². The van der Waals surface area contributed by atoms with Crippen LogP contribution in [0.2, 0.25) is 5.02 Å². The van der Waals surface area contributed by atoms with Gasteiger partial charge in [-0.2, -0.15) is 13.8 Å². The first-order valence-electron chi connectivity index (χ1n) is 7.89. The molecule has 0 aliphatic carbocycles. The van der Waals surface area contributed by atoms with E-state index in [0.29, 0.717) is 23.0 Å². The number of halogens is 3. The number of nitrogens with zero attached hydrogens (tertiary/aromatic N) is 2. The van der Waals surface area contributed by atoms with Crippen molar-refractivity contribution < 1.29 is 18.0 Å². The highest BCUT2D eigenvalue weighted by molar-refractivity contribution is 6.31. The monoisotopic (exact) mass is 379 g/mol. The van der Waals surface area contributed by atoms with E-state index >= 15 is 0 Å². The van der Waals surface area contributed by atoms with Gasteiger partial charge in [0, 0.05) is 11.1 Å². The number of hydrogen-bond donors (Lipinski definition) is 1. The largest absolute Gasteiger partial charge is 0.434 e. The molecule has 1 aromatic heterocycles. The van der Waals surface area contributed by atoms with Crippen molar-refractivity contribution in [3.8, 4) is 17.1 Å². The second kappa shape index (κ2) is 8.25. The molecule has 1 atom stereocenters. The van der Waals surface area contributed by atoms with Gasteiger partial charge in [0.05, 0.1) is 12.1 Å². The number of aromatic nitrogens is 2. The summed E-state index contributed by atoms with van der Waals surface area (Å²) < 4.78 is 34.7. The average molecular weight is 380 g/mol. The van der Waals surface area contributed by atoms with Crippen LogP contribution in [0.25, 0.3) is 11.4 Å². The highest BCUT2D eigenvalue weighted by Crippen LogP contribution is 2.29. The number of benzene rings is 2. The molecule has 0 aliphatic rings. The van der Waals surface area contributed by atoms with Gasteiger partial charge >= 0.3 is 6.61 Å². The van der Waals surface area contributed by atoms with Crippen LogP contribution >= 0.6 is 11.6 Å². The Morgan fingerprint density at radius 3 is 2.65 bits per heavy atom. The van der Waals surface area contributed by atoms with E-state index in [1.165, 1.54) is 6.07 Å². The number of alkyl halides is 2. The van der Waals surface area contributed by atoms with Crippen molar-refractivity contribution in [2.75, 3.05) is 0 Å². The van der Waals surface area contributed by atoms with Gasteiger partial charge in [0.15, 0.2) is 0 Å². The lowest BCUT2D eigenvalue weighted by Crippen LogP contribution is -2.18. The molecule has 0 aliphatic heterocycles. The summed E-state index contributed by atoms with van der Waals surface area (Å²) in [6, 6.07) is 13.8. The summed E-state index contributed by atoms with van der Waals surface area (Å²) in [6.45, 7) is -0.665. The summed E-state index contributed by atoms with van der Waals surface area (Å²) in [7, 11) is 0. The third-order valence-corrected chi connectivity index (χ3v) is 4.09. The van der Waals surface area contributed by atoms with Crippen LogP contribution in [0, 0.1) is 0 Å². The van der Waals surface area contributed by atoms with Gasteiger partial charge in [-0.25, -0.2) is 0 Å². The average Bonchev–Trinajstić information content (AvgIpc) is 3.09. The Bertz CT molecular complexity index is 873. The molecule has 0 fully saturated rings. The molecule has 1 unspecified atom stereocenters. The molecule has 3 rings (SSSR count). The number of para-hydroxylation sites is 1. The summed E-state index contributed by atoms with van der Waals surface area (Å²) in [4.78, 5) is 4.24. The summed E-state index contributed by atoms with van der Waals surface area (Å²) in [5.74, 6) is 0.501. The summed E-state index contributed by atoms with van der Waals surface area (Å²) in [6.07, 6.45) is 0. The minimum atomic E-state index is -2.93. The van der Waals surface area contributed by atoms with Crippen molar-refractivity contribution >= 4 is 11.6 Å². The Balaban J connectivity index is 1.70. The predicted octanol–water partition coefficient (Wildman–Crippen LogP) is 4.84. The fraction of sp³-hybridized carbons (Fsp3) is 0.222. The van der Waals surface area contributed by atoms with E-state index in [-0.39, 0.29) is 17.6 Å². The Hall–Kier alpha value is -2.51. The molecule has 0 saturated carbocycles. The standard InChI is InChI=1S/C18H16ClF2N3O2/c1-11(12-6-2-4-8-14(12)19)22-10-16-23-17(24-26-16)13-7-3-5-9-15(13)25-18(20)21/h2-9,11,18,22H,10H2,1H3. The predicted molar refractivity (Wildman–Crippen MR) is 93.1 cm³/mol. The first-order chi connectivity index (χ1) is 12.5. The van der Waals surface area contributed by atoms with Crippen LogP contribution in [0.1, 0.15) is 24.4 Å². The molecule has 0 amide bonds. The highest BCUT2D eigenvalue weighted by Gasteiger charge is 2.16. The molecule has 3 aromatic rings. The van der Waals surface area contributed by atoms with Crippen LogP contribution in [0.3, 0.4) is 0 Å². The van der Waals surface area contributed by atoms with Crippen LogP contribution in [-0.4, -0.2) is 16.8 Å². The van der Waals surface area contributed by atoms with Crippen molar-refractivity contribution in [3.05, 3.63) is 65.0 Å². The van der Waals surface area contributed by atoms with E-state index in [1.807, 2.05) is 31.2 Å². The Morgan fingerprint density at radius 1 is 1.15 bits per heavy atom. The quantitative estimate of drug-likeness (QED) is 0.636. The van der Waals surface area contributed by atoms with Gasteiger partial charge in [-0.3, -0.25) is 0 Å². The molecule has 0 saturated heterocycles. The van der Waals surface area contributed by atoms with E-state index < -0.39 is 6.61 Å². The second-order valence-electron chi connectivity index (χ2n) is 5.51. The highest BCUT2D eigenvalue weighted by atomic mass is 35.5. The summed E-state index contributed by atoms with van der Waals surface area (Å²) >= 11 is 6.18. The van der Waals surface area contributed by atoms with Crippen LogP contribution in [0.15, 0.2) is 53.1 Å². The maximum atomic E-state index is 12.5. The van der Waals surface area contributed by atoms with Gasteiger partial charge in [0.2, 0.25) is 11.7 Å². The molecule has 8 heteroatoms. The van der Waals surface area contributed by atoms with Crippen molar-refractivity contribution in [3.63, 3.8) is 0 Å². The molecule has 5 nitrogen and oxygen atoms in total. The molecular weight excluding hydrogens is 364 g/mol. The number of rotatable bonds is 7. The van der Waals surface area contributed by atoms with Gasteiger partial charge in [0.1, 0.15) is 5.75 Å². The minimum Gasteiger partial charge on any atom is -0.434 e. The molecule has 0 radical (unpaired) electrons. The lowest BCUT2D eigenvalue weighted by Gasteiger charge is -2.14. The number of ether oxygens (including phenoxy) is 1. The molecule has 1 N–H and O–H groups in total. The Kier molecular flexibility index (Phi) is 5.80. The zero-order valence-electron chi connectivity index (χ0n) is 13.8. The van der Waals surface area contributed by atoms with Gasteiger partial charge in [-0.15, -0.1) is 0 Å². The normalized spacial score (nSPS) is 12.3. The zero-order chi connectivity index (χ0) is 18.5. The van der Waals surface area contributed by atoms with E-state index in [0.717, 1.165) is 5.56 Å². The Labute approximate surface area is 153 Å². The van der Waals surface area contributed by atoms with Crippen LogP contribution < -0.4 is 10.1 Å². The first-order valence-corrected chi connectivity index (χ1v) is 8.27. The van der Waals surface area contributed by atoms with Gasteiger partial charge < -0.3 is 14.6 Å². The van der Waals surface area contributed by atoms with Gasteiger partial charge in [-0.1, -0.05) is 47.1 Å². The van der Waals surface area contributed by atoms with E-state index in [1.54, 1.807) is 18.2 Å². The molecule has 2 aromatic carbocycles. The zero-order valence-corrected chi connectivity index (χ0v) is 14.6. The Morgan fingerprint density at radius 2 is 1.88 bits per heavy atom. The van der Waals surface area contributed by atoms with Crippen LogP contribution in [-0.2, 0) is 6.54 Å². The maximum absolute atomic E-state index is 12.5. The summed E-state index contributed by atoms with van der Waals surface area (Å²) in [5, 5.41) is 7.74. The third-order valence-electron chi connectivity index (χ3n) is 3.74. The van der Waals surface area contributed by atoms with Crippen molar-refractivity contribution in [2.24, 2.45) is 0 Å². The third kappa shape index (κ3) is 4.36. The SMILES string of the molecule is CC(NCc1nc(-c2ccccc2OC(F)F)no1)c1ccccc1Cl. The fourth-order valence-corrected chi connectivity index (χ4v) is 2.76. The van der Waals surface area contributed by atoms with Crippen LogP contribution in [0.4, 0.5) is 8.78 Å². The van der Waals surface area contributed by atoms with Gasteiger partial charge in [-0.05, 0) is 30.7 Å². The molecular formula is C18H16ClF2N3O2. The van der Waals surface area contributed by atoms with E-state index in [9.17, 15) is 8.78 Å². The molecule has 0 bridgehead atoms. The van der Waals surface area contributed by atoms with Crippen molar-refractivity contribution in [1.29, 1.82) is 0 Å². The second-order valence-corrected chi connectivity index (χ2v) is 5.92. The lowest BCUT2D eigenvalue weighted by molar-refractivity contribution is -0.0494. The molecule has 0 spiro atoms. The first kappa shape index (κ1) is 18.3. The number of nitrogens with one attached hydrogen (secondary N) is 1. The van der Waals surface area contributed by atoms with Crippen molar-refractivity contribution in [1.82, 2.24) is 15.5 Å². The van der Waals surface area contributed by atoms with E-state index in [4.69, 9.17) is 16.1 Å². The minimum absolute atomic E-state index is 0.00718. The van der Waals surface area contributed by atoms with Crippen molar-refractivity contribution in [2.45, 2.75) is 26.1 Å². The molecule has 26 heavy (non-hydrogen) atoms. The van der Waals surface area contributed by atoms with Crippen LogP contribution in [0.5, 0.6) is 5.75 Å².